The number of nitrogens with one attached hydrogen (secondary N) is 1. The number of anilines is 1. The number of methoxy groups -OCH3 is 1. The molecule has 1 amide bonds. The minimum absolute atomic E-state index is 0.0806. The Balaban J connectivity index is 2.23. The number of thiophene rings is 1. The molecule has 2 N–H and O–H groups in total. The predicted molar refractivity (Wildman–Crippen MR) is 69.5 cm³/mol. The molecule has 2 aromatic heterocycles. The van der Waals surface area contributed by atoms with Crippen LogP contribution in [0.15, 0.2) is 29.9 Å². The summed E-state index contributed by atoms with van der Waals surface area (Å²) in [6, 6.07) is 2.97. The van der Waals surface area contributed by atoms with Gasteiger partial charge in [0.2, 0.25) is 0 Å². The summed E-state index contributed by atoms with van der Waals surface area (Å²) in [4.78, 5) is 27.4. The van der Waals surface area contributed by atoms with Crippen molar-refractivity contribution in [2.45, 2.75) is 0 Å². The maximum atomic E-state index is 11.9. The Bertz CT molecular complexity index is 624. The van der Waals surface area contributed by atoms with Crippen LogP contribution in [0.25, 0.3) is 0 Å². The number of esters is 1. The van der Waals surface area contributed by atoms with Crippen molar-refractivity contribution in [2.24, 2.45) is 0 Å². The number of pyridine rings is 1. The molecule has 0 saturated carbocycles. The molecule has 0 aromatic carbocycles. The fourth-order valence-corrected chi connectivity index (χ4v) is 2.19. The van der Waals surface area contributed by atoms with Crippen LogP contribution < -0.4 is 5.32 Å². The number of amides is 1. The molecule has 0 fully saturated rings. The summed E-state index contributed by atoms with van der Waals surface area (Å²) in [6.45, 7) is 0. The van der Waals surface area contributed by atoms with E-state index in [4.69, 9.17) is 0 Å². The molecule has 2 heterocycles. The van der Waals surface area contributed by atoms with E-state index < -0.39 is 11.9 Å². The Labute approximate surface area is 112 Å². The molecule has 7 heteroatoms. The molecule has 0 aliphatic carbocycles. The number of carbonyl (C=O) groups excluding carboxylic acids is 2. The van der Waals surface area contributed by atoms with E-state index in [-0.39, 0.29) is 11.3 Å². The topological polar surface area (TPSA) is 88.5 Å². The van der Waals surface area contributed by atoms with Crippen LogP contribution in [0.2, 0.25) is 0 Å². The van der Waals surface area contributed by atoms with Crippen molar-refractivity contribution in [1.29, 1.82) is 0 Å². The average Bonchev–Trinajstić information content (AvgIpc) is 2.86. The molecule has 2 aromatic rings. The first-order valence-corrected chi connectivity index (χ1v) is 6.11. The Hall–Kier alpha value is -2.41. The van der Waals surface area contributed by atoms with Crippen molar-refractivity contribution >= 4 is 28.9 Å². The molecule has 0 bridgehead atoms. The highest BCUT2D eigenvalue weighted by Crippen LogP contribution is 2.24. The molecule has 98 valence electrons. The maximum Gasteiger partial charge on any atom is 0.350 e. The van der Waals surface area contributed by atoms with Crippen LogP contribution in [0.5, 0.6) is 5.75 Å². The second-order valence-corrected chi connectivity index (χ2v) is 4.42. The number of carbonyl (C=O) groups is 2. The molecular formula is C12H10N2O4S. The van der Waals surface area contributed by atoms with Gasteiger partial charge in [0.15, 0.2) is 0 Å². The molecule has 19 heavy (non-hydrogen) atoms. The lowest BCUT2D eigenvalue weighted by Gasteiger charge is -2.06. The highest BCUT2D eigenvalue weighted by molar-refractivity contribution is 7.12. The zero-order chi connectivity index (χ0) is 13.8. The number of hydrogen-bond donors (Lipinski definition) is 2. The number of nitrogens with zero attached hydrogens (tertiary/aromatic N) is 1. The van der Waals surface area contributed by atoms with E-state index in [1.807, 2.05) is 0 Å². The van der Waals surface area contributed by atoms with Gasteiger partial charge in [0.1, 0.15) is 10.6 Å². The number of aromatic nitrogens is 1. The molecule has 0 aliphatic rings. The molecule has 0 saturated heterocycles. The fourth-order valence-electron chi connectivity index (χ4n) is 1.43. The SMILES string of the molecule is COC(=O)c1sccc1NC(=O)c1ccncc1O. The van der Waals surface area contributed by atoms with Gasteiger partial charge in [-0.1, -0.05) is 0 Å². The van der Waals surface area contributed by atoms with Crippen molar-refractivity contribution in [2.75, 3.05) is 12.4 Å². The quantitative estimate of drug-likeness (QED) is 0.837. The van der Waals surface area contributed by atoms with E-state index in [1.165, 1.54) is 25.6 Å². The summed E-state index contributed by atoms with van der Waals surface area (Å²) in [5, 5.41) is 13.7. The minimum atomic E-state index is -0.525. The van der Waals surface area contributed by atoms with Gasteiger partial charge in [-0.15, -0.1) is 11.3 Å². The van der Waals surface area contributed by atoms with Crippen LogP contribution in [0, 0.1) is 0 Å². The first kappa shape index (κ1) is 13.0. The summed E-state index contributed by atoms with van der Waals surface area (Å²) in [7, 11) is 1.27. The zero-order valence-corrected chi connectivity index (χ0v) is 10.7. The van der Waals surface area contributed by atoms with Gasteiger partial charge in [-0.05, 0) is 17.5 Å². The van der Waals surface area contributed by atoms with Crippen LogP contribution in [-0.2, 0) is 4.74 Å². The fraction of sp³-hybridized carbons (Fsp3) is 0.0833. The lowest BCUT2D eigenvalue weighted by atomic mass is 10.2. The van der Waals surface area contributed by atoms with Gasteiger partial charge >= 0.3 is 5.97 Å². The second kappa shape index (κ2) is 5.49. The number of rotatable bonds is 3. The summed E-state index contributed by atoms with van der Waals surface area (Å²) < 4.78 is 4.61. The number of ether oxygens (including phenoxy) is 1. The highest BCUT2D eigenvalue weighted by Gasteiger charge is 2.17. The van der Waals surface area contributed by atoms with E-state index in [1.54, 1.807) is 11.4 Å². The smallest absolute Gasteiger partial charge is 0.350 e. The van der Waals surface area contributed by atoms with Gasteiger partial charge < -0.3 is 15.2 Å². The summed E-state index contributed by atoms with van der Waals surface area (Å²) >= 11 is 1.16. The van der Waals surface area contributed by atoms with Gasteiger partial charge in [0.25, 0.3) is 5.91 Å². The van der Waals surface area contributed by atoms with Crippen molar-refractivity contribution in [3.05, 3.63) is 40.3 Å². The number of aromatic hydroxyl groups is 1. The van der Waals surface area contributed by atoms with Crippen molar-refractivity contribution in [3.63, 3.8) is 0 Å². The highest BCUT2D eigenvalue weighted by atomic mass is 32.1. The first-order chi connectivity index (χ1) is 9.13. The largest absolute Gasteiger partial charge is 0.505 e. The van der Waals surface area contributed by atoms with Gasteiger partial charge in [-0.2, -0.15) is 0 Å². The van der Waals surface area contributed by atoms with Gasteiger partial charge in [-0.25, -0.2) is 4.79 Å². The normalized spacial score (nSPS) is 9.95. The summed E-state index contributed by atoms with van der Waals surface area (Å²) in [6.07, 6.45) is 2.56. The van der Waals surface area contributed by atoms with Crippen LogP contribution in [-0.4, -0.2) is 29.1 Å². The Kier molecular flexibility index (Phi) is 3.76. The first-order valence-electron chi connectivity index (χ1n) is 5.23. The van der Waals surface area contributed by atoms with E-state index >= 15 is 0 Å². The molecule has 0 aliphatic heterocycles. The van der Waals surface area contributed by atoms with E-state index in [9.17, 15) is 14.7 Å². The van der Waals surface area contributed by atoms with Crippen LogP contribution in [0.3, 0.4) is 0 Å². The molecule has 0 radical (unpaired) electrons. The summed E-state index contributed by atoms with van der Waals surface area (Å²) in [5.74, 6) is -1.28. The average molecular weight is 278 g/mol. The van der Waals surface area contributed by atoms with Gasteiger partial charge in [0, 0.05) is 6.20 Å². The third-order valence-corrected chi connectivity index (χ3v) is 3.22. The third kappa shape index (κ3) is 2.71. The Morgan fingerprint density at radius 1 is 1.42 bits per heavy atom. The number of hydrogen-bond acceptors (Lipinski definition) is 6. The van der Waals surface area contributed by atoms with Crippen molar-refractivity contribution in [3.8, 4) is 5.75 Å². The zero-order valence-electron chi connectivity index (χ0n) is 9.91. The van der Waals surface area contributed by atoms with Gasteiger partial charge in [0.05, 0.1) is 24.6 Å². The standard InChI is InChI=1S/C12H10N2O4S/c1-18-12(17)10-8(3-5-19-10)14-11(16)7-2-4-13-6-9(7)15/h2-6,15H,1H3,(H,14,16). The van der Waals surface area contributed by atoms with E-state index in [2.05, 4.69) is 15.0 Å². The monoisotopic (exact) mass is 278 g/mol. The third-order valence-electron chi connectivity index (χ3n) is 2.33. The molecule has 0 unspecified atom stereocenters. The Morgan fingerprint density at radius 2 is 2.21 bits per heavy atom. The van der Waals surface area contributed by atoms with Crippen molar-refractivity contribution < 1.29 is 19.4 Å². The molecule has 6 nitrogen and oxygen atoms in total. The van der Waals surface area contributed by atoms with E-state index in [0.717, 1.165) is 11.3 Å². The molecular weight excluding hydrogens is 268 g/mol. The maximum absolute atomic E-state index is 11.9. The molecule has 0 atom stereocenters. The van der Waals surface area contributed by atoms with Crippen LogP contribution >= 0.6 is 11.3 Å². The second-order valence-electron chi connectivity index (χ2n) is 3.50. The molecule has 2 rings (SSSR count). The van der Waals surface area contributed by atoms with Crippen molar-refractivity contribution in [1.82, 2.24) is 4.98 Å². The Morgan fingerprint density at radius 3 is 2.89 bits per heavy atom. The minimum Gasteiger partial charge on any atom is -0.505 e. The van der Waals surface area contributed by atoms with Crippen LogP contribution in [0.1, 0.15) is 20.0 Å². The van der Waals surface area contributed by atoms with E-state index in [0.29, 0.717) is 10.6 Å². The van der Waals surface area contributed by atoms with Crippen LogP contribution in [0.4, 0.5) is 5.69 Å². The lowest BCUT2D eigenvalue weighted by Crippen LogP contribution is -2.14. The predicted octanol–water partition coefficient (Wildman–Crippen LogP) is 1.89. The molecule has 0 spiro atoms. The summed E-state index contributed by atoms with van der Waals surface area (Å²) in [5.41, 5.74) is 0.426. The van der Waals surface area contributed by atoms with Gasteiger partial charge in [-0.3, -0.25) is 9.78 Å². The lowest BCUT2D eigenvalue weighted by molar-refractivity contribution is 0.0607.